The van der Waals surface area contributed by atoms with Crippen LogP contribution in [0.1, 0.15) is 60.5 Å². The highest BCUT2D eigenvalue weighted by molar-refractivity contribution is 7.09. The van der Waals surface area contributed by atoms with Gasteiger partial charge >= 0.3 is 6.18 Å². The molecule has 1 saturated heterocycles. The third-order valence-electron chi connectivity index (χ3n) is 5.76. The lowest BCUT2D eigenvalue weighted by atomic mass is 9.96. The van der Waals surface area contributed by atoms with Gasteiger partial charge in [0.2, 0.25) is 0 Å². The summed E-state index contributed by atoms with van der Waals surface area (Å²) in [7, 11) is 0. The molecule has 37 heavy (non-hydrogen) atoms. The van der Waals surface area contributed by atoms with Gasteiger partial charge in [-0.1, -0.05) is 12.1 Å². The van der Waals surface area contributed by atoms with Crippen LogP contribution in [0.4, 0.5) is 22.0 Å². The number of halogens is 5. The Morgan fingerprint density at radius 2 is 1.57 bits per heavy atom. The molecule has 2 heterocycles. The molecule has 0 atom stereocenters. The molecule has 7 nitrogen and oxygen atoms in total. The first-order valence-corrected chi connectivity index (χ1v) is 11.9. The normalized spacial score (nSPS) is 14.4. The van der Waals surface area contributed by atoms with Gasteiger partial charge in [-0.25, -0.2) is 13.8 Å². The van der Waals surface area contributed by atoms with Gasteiger partial charge in [-0.3, -0.25) is 25.2 Å². The number of hydrogen-bond acceptors (Lipinski definition) is 5. The Balaban J connectivity index is 1.33. The van der Waals surface area contributed by atoms with Crippen molar-refractivity contribution in [1.29, 1.82) is 0 Å². The summed E-state index contributed by atoms with van der Waals surface area (Å²) in [5.41, 5.74) is 2.49. The monoisotopic (exact) mass is 538 g/mol. The maximum Gasteiger partial charge on any atom is 0.417 e. The first kappa shape index (κ1) is 26.2. The molecule has 1 fully saturated rings. The second-order valence-electron chi connectivity index (χ2n) is 8.25. The Kier molecular flexibility index (Phi) is 7.52. The summed E-state index contributed by atoms with van der Waals surface area (Å²) >= 11 is 1.19. The van der Waals surface area contributed by atoms with Gasteiger partial charge in [0.25, 0.3) is 17.7 Å². The molecule has 2 N–H and O–H groups in total. The lowest BCUT2D eigenvalue weighted by Crippen LogP contribution is -2.41. The van der Waals surface area contributed by atoms with Crippen LogP contribution in [0.25, 0.3) is 0 Å². The van der Waals surface area contributed by atoms with E-state index in [9.17, 15) is 36.3 Å². The van der Waals surface area contributed by atoms with Crippen molar-refractivity contribution in [2.45, 2.75) is 24.9 Å². The summed E-state index contributed by atoms with van der Waals surface area (Å²) in [5.74, 6) is -4.37. The van der Waals surface area contributed by atoms with Gasteiger partial charge in [0.1, 0.15) is 17.3 Å². The van der Waals surface area contributed by atoms with E-state index in [1.165, 1.54) is 33.7 Å². The minimum absolute atomic E-state index is 0.00309. The zero-order valence-corrected chi connectivity index (χ0v) is 19.8. The molecule has 0 saturated carbocycles. The molecule has 3 aromatic rings. The highest BCUT2D eigenvalue weighted by Crippen LogP contribution is 2.34. The fraction of sp³-hybridized carbons (Fsp3) is 0.250. The molecule has 0 radical (unpaired) electrons. The zero-order valence-electron chi connectivity index (χ0n) is 18.9. The van der Waals surface area contributed by atoms with Gasteiger partial charge in [-0.15, -0.1) is 11.3 Å². The number of carbonyl (C=O) groups excluding carboxylic acids is 3. The van der Waals surface area contributed by atoms with Gasteiger partial charge in [0, 0.05) is 36.0 Å². The van der Waals surface area contributed by atoms with Crippen LogP contribution in [0.5, 0.6) is 0 Å². The van der Waals surface area contributed by atoms with Crippen molar-refractivity contribution in [2.24, 2.45) is 0 Å². The molecular formula is C24H19F5N4O3S. The SMILES string of the molecule is O=C(NNC(=O)c1csc(C2CCN(C(=O)c3ccccc3C(F)(F)F)CC2)n1)c1cc(F)cc(F)c1. The quantitative estimate of drug-likeness (QED) is 0.377. The predicted molar refractivity (Wildman–Crippen MR) is 123 cm³/mol. The third kappa shape index (κ3) is 6.10. The molecule has 1 aromatic heterocycles. The van der Waals surface area contributed by atoms with Crippen LogP contribution in [-0.2, 0) is 6.18 Å². The number of aromatic nitrogens is 1. The number of hydrogen-bond donors (Lipinski definition) is 2. The number of nitrogens with zero attached hydrogens (tertiary/aromatic N) is 2. The maximum absolute atomic E-state index is 13.3. The van der Waals surface area contributed by atoms with Crippen LogP contribution in [0, 0.1) is 11.6 Å². The van der Waals surface area contributed by atoms with Crippen molar-refractivity contribution in [3.8, 4) is 0 Å². The lowest BCUT2D eigenvalue weighted by Gasteiger charge is -2.31. The van der Waals surface area contributed by atoms with Crippen LogP contribution in [0.15, 0.2) is 47.8 Å². The van der Waals surface area contributed by atoms with Crippen molar-refractivity contribution in [2.75, 3.05) is 13.1 Å². The molecule has 13 heteroatoms. The van der Waals surface area contributed by atoms with Crippen molar-refractivity contribution in [3.63, 3.8) is 0 Å². The fourth-order valence-corrected chi connectivity index (χ4v) is 4.90. The Labute approximate surface area is 211 Å². The molecule has 1 aliphatic rings. The summed E-state index contributed by atoms with van der Waals surface area (Å²) in [6.45, 7) is 0.439. The topological polar surface area (TPSA) is 91.4 Å². The highest BCUT2D eigenvalue weighted by atomic mass is 32.1. The van der Waals surface area contributed by atoms with E-state index < -0.39 is 46.7 Å². The molecule has 1 aliphatic heterocycles. The molecule has 194 valence electrons. The fourth-order valence-electron chi connectivity index (χ4n) is 3.93. The Bertz CT molecular complexity index is 1320. The minimum atomic E-state index is -4.64. The number of amides is 3. The van der Waals surface area contributed by atoms with Gasteiger partial charge < -0.3 is 4.90 Å². The molecule has 0 bridgehead atoms. The second-order valence-corrected chi connectivity index (χ2v) is 9.14. The van der Waals surface area contributed by atoms with E-state index in [-0.39, 0.29) is 30.3 Å². The number of likely N-dealkylation sites (tertiary alicyclic amines) is 1. The summed E-state index contributed by atoms with van der Waals surface area (Å²) < 4.78 is 66.4. The first-order chi connectivity index (χ1) is 17.5. The minimum Gasteiger partial charge on any atom is -0.339 e. The number of thiazole rings is 1. The molecule has 2 aromatic carbocycles. The van der Waals surface area contributed by atoms with E-state index in [1.807, 2.05) is 0 Å². The Morgan fingerprint density at radius 1 is 0.946 bits per heavy atom. The Hall–Kier alpha value is -3.87. The number of nitrogens with one attached hydrogen (secondary N) is 2. The highest BCUT2D eigenvalue weighted by Gasteiger charge is 2.36. The Morgan fingerprint density at radius 3 is 2.22 bits per heavy atom. The maximum atomic E-state index is 13.3. The van der Waals surface area contributed by atoms with Crippen molar-refractivity contribution in [1.82, 2.24) is 20.7 Å². The summed E-state index contributed by atoms with van der Waals surface area (Å²) in [4.78, 5) is 42.8. The van der Waals surface area contributed by atoms with E-state index >= 15 is 0 Å². The molecular weight excluding hydrogens is 519 g/mol. The number of carbonyl (C=O) groups is 3. The van der Waals surface area contributed by atoms with E-state index in [2.05, 4.69) is 15.8 Å². The molecule has 0 aliphatic carbocycles. The molecule has 0 unspecified atom stereocenters. The van der Waals surface area contributed by atoms with E-state index in [0.717, 1.165) is 24.3 Å². The molecule has 3 amide bonds. The van der Waals surface area contributed by atoms with Crippen molar-refractivity contribution in [3.05, 3.63) is 86.9 Å². The van der Waals surface area contributed by atoms with Crippen LogP contribution in [-0.4, -0.2) is 40.7 Å². The largest absolute Gasteiger partial charge is 0.417 e. The van der Waals surface area contributed by atoms with Crippen LogP contribution in [0.2, 0.25) is 0 Å². The number of rotatable bonds is 4. The van der Waals surface area contributed by atoms with E-state index in [4.69, 9.17) is 0 Å². The number of hydrazine groups is 1. The van der Waals surface area contributed by atoms with Crippen molar-refractivity contribution >= 4 is 29.1 Å². The van der Waals surface area contributed by atoms with Crippen molar-refractivity contribution < 1.29 is 36.3 Å². The zero-order chi connectivity index (χ0) is 26.7. The average Bonchev–Trinajstić information content (AvgIpc) is 3.36. The summed E-state index contributed by atoms with van der Waals surface area (Å²) in [6, 6.07) is 6.88. The van der Waals surface area contributed by atoms with E-state index in [0.29, 0.717) is 23.9 Å². The summed E-state index contributed by atoms with van der Waals surface area (Å²) in [5, 5.41) is 2.07. The van der Waals surface area contributed by atoms with Crippen LogP contribution >= 0.6 is 11.3 Å². The number of piperidine rings is 1. The van der Waals surface area contributed by atoms with Gasteiger partial charge in [0.15, 0.2) is 0 Å². The second kappa shape index (κ2) is 10.6. The smallest absolute Gasteiger partial charge is 0.339 e. The van der Waals surface area contributed by atoms with Gasteiger partial charge in [-0.2, -0.15) is 13.2 Å². The van der Waals surface area contributed by atoms with Crippen LogP contribution < -0.4 is 10.9 Å². The number of alkyl halides is 3. The first-order valence-electron chi connectivity index (χ1n) is 11.0. The average molecular weight is 538 g/mol. The predicted octanol–water partition coefficient (Wildman–Crippen LogP) is 4.53. The van der Waals surface area contributed by atoms with Crippen LogP contribution in [0.3, 0.4) is 0 Å². The number of benzene rings is 2. The van der Waals surface area contributed by atoms with E-state index in [1.54, 1.807) is 0 Å². The lowest BCUT2D eigenvalue weighted by molar-refractivity contribution is -0.138. The molecule has 4 rings (SSSR count). The molecule has 0 spiro atoms. The summed E-state index contributed by atoms with van der Waals surface area (Å²) in [6.07, 6.45) is -3.76. The van der Waals surface area contributed by atoms with Gasteiger partial charge in [-0.05, 0) is 37.1 Å². The third-order valence-corrected chi connectivity index (χ3v) is 6.77. The van der Waals surface area contributed by atoms with Gasteiger partial charge in [0.05, 0.1) is 16.1 Å². The standard InChI is InChI=1S/C24H19F5N4O3S/c25-15-9-14(10-16(26)11-15)20(34)31-32-21(35)19-12-37-22(30-19)13-5-7-33(8-6-13)23(36)17-3-1-2-4-18(17)24(27,28)29/h1-4,9-13H,5-8H2,(H,31,34)(H,32,35).